The topological polar surface area (TPSA) is 52.6 Å². The minimum atomic E-state index is -4.54. The minimum absolute atomic E-state index is 0.276. The van der Waals surface area contributed by atoms with Gasteiger partial charge in [-0.3, -0.25) is 0 Å². The second kappa shape index (κ2) is 5.79. The van der Waals surface area contributed by atoms with E-state index in [9.17, 15) is 23.1 Å². The largest absolute Gasteiger partial charge is 0.418 e. The average Bonchev–Trinajstić information content (AvgIpc) is 2.87. The van der Waals surface area contributed by atoms with Crippen LogP contribution in [0.4, 0.5) is 23.7 Å². The van der Waals surface area contributed by atoms with E-state index in [2.05, 4.69) is 5.32 Å². The van der Waals surface area contributed by atoms with Crippen LogP contribution in [0.15, 0.2) is 24.3 Å². The van der Waals surface area contributed by atoms with Gasteiger partial charge in [-0.05, 0) is 38.8 Å². The molecule has 1 aromatic carbocycles. The minimum Gasteiger partial charge on any atom is -0.388 e. The fourth-order valence-electron chi connectivity index (χ4n) is 2.77. The molecule has 1 fully saturated rings. The van der Waals surface area contributed by atoms with Gasteiger partial charge < -0.3 is 15.3 Å². The van der Waals surface area contributed by atoms with Gasteiger partial charge in [-0.2, -0.15) is 13.2 Å². The molecular weight excluding hydrogens is 297 g/mol. The Morgan fingerprint density at radius 2 is 1.95 bits per heavy atom. The lowest BCUT2D eigenvalue weighted by Gasteiger charge is -2.34. The number of para-hydroxylation sites is 1. The summed E-state index contributed by atoms with van der Waals surface area (Å²) in [6.45, 7) is 3.59. The maximum absolute atomic E-state index is 12.9. The highest BCUT2D eigenvalue weighted by atomic mass is 19.4. The Balaban J connectivity index is 2.20. The molecule has 0 radical (unpaired) electrons. The van der Waals surface area contributed by atoms with Gasteiger partial charge >= 0.3 is 12.2 Å². The summed E-state index contributed by atoms with van der Waals surface area (Å²) in [5.74, 6) is 0. The van der Waals surface area contributed by atoms with Gasteiger partial charge in [0.05, 0.1) is 22.9 Å². The fraction of sp³-hybridized carbons (Fsp3) is 0.533. The van der Waals surface area contributed by atoms with E-state index in [-0.39, 0.29) is 5.69 Å². The van der Waals surface area contributed by atoms with Crippen molar-refractivity contribution in [3.63, 3.8) is 0 Å². The summed E-state index contributed by atoms with van der Waals surface area (Å²) in [6, 6.07) is 3.81. The Morgan fingerprint density at radius 3 is 2.55 bits per heavy atom. The summed E-state index contributed by atoms with van der Waals surface area (Å²) >= 11 is 0. The lowest BCUT2D eigenvalue weighted by molar-refractivity contribution is -0.136. The van der Waals surface area contributed by atoms with E-state index in [1.54, 1.807) is 13.8 Å². The van der Waals surface area contributed by atoms with Gasteiger partial charge in [0.15, 0.2) is 0 Å². The average molecular weight is 316 g/mol. The van der Waals surface area contributed by atoms with Crippen LogP contribution in [0.5, 0.6) is 0 Å². The number of likely N-dealkylation sites (tertiary alicyclic amines) is 1. The van der Waals surface area contributed by atoms with Crippen molar-refractivity contribution < 1.29 is 23.1 Å². The van der Waals surface area contributed by atoms with Gasteiger partial charge in [0.1, 0.15) is 0 Å². The van der Waals surface area contributed by atoms with Crippen molar-refractivity contribution in [2.24, 2.45) is 0 Å². The van der Waals surface area contributed by atoms with E-state index in [0.29, 0.717) is 19.4 Å². The van der Waals surface area contributed by atoms with Crippen molar-refractivity contribution in [1.29, 1.82) is 0 Å². The molecule has 4 nitrogen and oxygen atoms in total. The summed E-state index contributed by atoms with van der Waals surface area (Å²) in [5.41, 5.74) is -2.26. The summed E-state index contributed by atoms with van der Waals surface area (Å²) in [4.78, 5) is 13.7. The molecule has 1 atom stereocenters. The predicted molar refractivity (Wildman–Crippen MR) is 76.5 cm³/mol. The molecule has 0 unspecified atom stereocenters. The first-order chi connectivity index (χ1) is 10.1. The van der Waals surface area contributed by atoms with E-state index in [1.165, 1.54) is 23.1 Å². The second-order valence-corrected chi connectivity index (χ2v) is 5.98. The van der Waals surface area contributed by atoms with Crippen molar-refractivity contribution >= 4 is 11.7 Å². The monoisotopic (exact) mass is 316 g/mol. The summed E-state index contributed by atoms with van der Waals surface area (Å²) in [7, 11) is 0. The number of alkyl halides is 3. The molecule has 1 aromatic rings. The predicted octanol–water partition coefficient (Wildman–Crippen LogP) is 3.47. The van der Waals surface area contributed by atoms with Crippen LogP contribution in [0.25, 0.3) is 0 Å². The van der Waals surface area contributed by atoms with E-state index in [4.69, 9.17) is 0 Å². The number of hydrogen-bond acceptors (Lipinski definition) is 2. The van der Waals surface area contributed by atoms with Gasteiger partial charge in [0, 0.05) is 6.54 Å². The highest BCUT2D eigenvalue weighted by molar-refractivity contribution is 5.90. The first kappa shape index (κ1) is 16.6. The molecule has 2 amide bonds. The lowest BCUT2D eigenvalue weighted by atomic mass is 9.97. The first-order valence-corrected chi connectivity index (χ1v) is 7.07. The molecule has 1 heterocycles. The first-order valence-electron chi connectivity index (χ1n) is 7.07. The van der Waals surface area contributed by atoms with Gasteiger partial charge in [-0.25, -0.2) is 4.79 Å². The van der Waals surface area contributed by atoms with Gasteiger partial charge in [0.2, 0.25) is 0 Å². The molecule has 0 bridgehead atoms. The SMILES string of the molecule is CC(C)(O)[C@@H]1CCCN1C(=O)Nc1ccccc1C(F)(F)F. The molecule has 1 aliphatic heterocycles. The Kier molecular flexibility index (Phi) is 4.37. The summed E-state index contributed by atoms with van der Waals surface area (Å²) < 4.78 is 38.8. The quantitative estimate of drug-likeness (QED) is 0.878. The standard InChI is InChI=1S/C15H19F3N2O2/c1-14(2,22)12-8-5-9-20(12)13(21)19-11-7-4-3-6-10(11)15(16,17)18/h3-4,6-7,12,22H,5,8-9H2,1-2H3,(H,19,21)/t12-/m0/s1. The molecule has 7 heteroatoms. The smallest absolute Gasteiger partial charge is 0.388 e. The number of benzene rings is 1. The molecule has 0 spiro atoms. The Hall–Kier alpha value is -1.76. The van der Waals surface area contributed by atoms with E-state index < -0.39 is 29.4 Å². The van der Waals surface area contributed by atoms with Crippen molar-refractivity contribution in [2.45, 2.75) is 44.5 Å². The van der Waals surface area contributed by atoms with Crippen LogP contribution >= 0.6 is 0 Å². The molecule has 0 saturated carbocycles. The van der Waals surface area contributed by atoms with Gasteiger partial charge in [-0.1, -0.05) is 12.1 Å². The lowest BCUT2D eigenvalue weighted by Crippen LogP contribution is -2.49. The van der Waals surface area contributed by atoms with Crippen LogP contribution < -0.4 is 5.32 Å². The zero-order valence-electron chi connectivity index (χ0n) is 12.4. The van der Waals surface area contributed by atoms with Crippen molar-refractivity contribution in [3.8, 4) is 0 Å². The fourth-order valence-corrected chi connectivity index (χ4v) is 2.77. The van der Waals surface area contributed by atoms with Crippen LogP contribution in [0.2, 0.25) is 0 Å². The Morgan fingerprint density at radius 1 is 1.32 bits per heavy atom. The highest BCUT2D eigenvalue weighted by Gasteiger charge is 2.39. The number of carbonyl (C=O) groups is 1. The zero-order chi connectivity index (χ0) is 16.5. The van der Waals surface area contributed by atoms with Crippen molar-refractivity contribution in [1.82, 2.24) is 4.90 Å². The third-order valence-electron chi connectivity index (χ3n) is 3.80. The van der Waals surface area contributed by atoms with Crippen molar-refractivity contribution in [2.75, 3.05) is 11.9 Å². The molecule has 0 aliphatic carbocycles. The van der Waals surface area contributed by atoms with Crippen LogP contribution in [0.1, 0.15) is 32.3 Å². The van der Waals surface area contributed by atoms with Crippen LogP contribution in [-0.4, -0.2) is 34.2 Å². The molecule has 1 saturated heterocycles. The van der Waals surface area contributed by atoms with Crippen molar-refractivity contribution in [3.05, 3.63) is 29.8 Å². The number of aliphatic hydroxyl groups is 1. The number of rotatable bonds is 2. The normalized spacial score (nSPS) is 19.4. The van der Waals surface area contributed by atoms with Crippen LogP contribution in [-0.2, 0) is 6.18 Å². The molecule has 0 aromatic heterocycles. The summed E-state index contributed by atoms with van der Waals surface area (Å²) in [5, 5.41) is 12.4. The van der Waals surface area contributed by atoms with Crippen LogP contribution in [0, 0.1) is 0 Å². The molecule has 1 aliphatic rings. The second-order valence-electron chi connectivity index (χ2n) is 5.98. The van der Waals surface area contributed by atoms with Crippen LogP contribution in [0.3, 0.4) is 0 Å². The molecule has 22 heavy (non-hydrogen) atoms. The van der Waals surface area contributed by atoms with Gasteiger partial charge in [-0.15, -0.1) is 0 Å². The number of nitrogens with zero attached hydrogens (tertiary/aromatic N) is 1. The third-order valence-corrected chi connectivity index (χ3v) is 3.80. The number of halogens is 3. The van der Waals surface area contributed by atoms with E-state index >= 15 is 0 Å². The van der Waals surface area contributed by atoms with Gasteiger partial charge in [0.25, 0.3) is 0 Å². The molecule has 2 rings (SSSR count). The zero-order valence-corrected chi connectivity index (χ0v) is 12.4. The number of anilines is 1. The molecule has 2 N–H and O–H groups in total. The number of urea groups is 1. The summed E-state index contributed by atoms with van der Waals surface area (Å²) in [6.07, 6.45) is -3.20. The third kappa shape index (κ3) is 3.52. The maximum Gasteiger partial charge on any atom is 0.418 e. The molecule has 122 valence electrons. The Bertz CT molecular complexity index is 552. The van der Waals surface area contributed by atoms with E-state index in [0.717, 1.165) is 6.07 Å². The van der Waals surface area contributed by atoms with E-state index in [1.807, 2.05) is 0 Å². The maximum atomic E-state index is 12.9. The number of nitrogens with one attached hydrogen (secondary N) is 1. The number of hydrogen-bond donors (Lipinski definition) is 2. The number of carbonyl (C=O) groups excluding carboxylic acids is 1. The number of amides is 2. The molecular formula is C15H19F3N2O2. The highest BCUT2D eigenvalue weighted by Crippen LogP contribution is 2.35. The Labute approximate surface area is 126 Å².